The van der Waals surface area contributed by atoms with E-state index in [-0.39, 0.29) is 28.8 Å². The number of alkyl halides is 3. The fourth-order valence-electron chi connectivity index (χ4n) is 4.89. The lowest BCUT2D eigenvalue weighted by Crippen LogP contribution is -2.37. The zero-order valence-corrected chi connectivity index (χ0v) is 22.4. The van der Waals surface area contributed by atoms with Crippen molar-refractivity contribution in [1.29, 1.82) is 0 Å². The molecule has 0 atom stereocenters. The third kappa shape index (κ3) is 7.10. The predicted molar refractivity (Wildman–Crippen MR) is 151 cm³/mol. The summed E-state index contributed by atoms with van der Waals surface area (Å²) in [4.78, 5) is 23.7. The number of piperidine rings is 1. The number of halogens is 4. The Hall–Kier alpha value is -4.25. The Labute approximate surface area is 235 Å². The summed E-state index contributed by atoms with van der Waals surface area (Å²) in [5.41, 5.74) is 2.20. The molecular weight excluding hydrogens is 536 g/mol. The molecule has 0 bridgehead atoms. The van der Waals surface area contributed by atoms with Crippen LogP contribution in [0.15, 0.2) is 66.7 Å². The lowest BCUT2D eigenvalue weighted by Gasteiger charge is -2.31. The van der Waals surface area contributed by atoms with Gasteiger partial charge in [-0.25, -0.2) is 9.37 Å². The Morgan fingerprint density at radius 3 is 2.29 bits per heavy atom. The number of anilines is 3. The van der Waals surface area contributed by atoms with Gasteiger partial charge in [-0.05, 0) is 79.5 Å². The Morgan fingerprint density at radius 2 is 1.63 bits per heavy atom. The number of aromatic nitrogens is 2. The molecule has 41 heavy (non-hydrogen) atoms. The molecule has 0 saturated carbocycles. The van der Waals surface area contributed by atoms with E-state index >= 15 is 0 Å². The van der Waals surface area contributed by atoms with Gasteiger partial charge >= 0.3 is 6.18 Å². The van der Waals surface area contributed by atoms with E-state index in [4.69, 9.17) is 0 Å². The van der Waals surface area contributed by atoms with Gasteiger partial charge in [-0.15, -0.1) is 0 Å². The molecule has 1 aliphatic rings. The third-order valence-electron chi connectivity index (χ3n) is 7.21. The van der Waals surface area contributed by atoms with E-state index in [2.05, 4.69) is 30.8 Å². The number of rotatable bonds is 8. The minimum Gasteiger partial charge on any atom is -0.365 e. The number of nitrogens with zero attached hydrogens (tertiary/aromatic N) is 3. The second kappa shape index (κ2) is 12.1. The minimum absolute atomic E-state index is 0.0233. The first-order valence-corrected chi connectivity index (χ1v) is 13.3. The van der Waals surface area contributed by atoms with Gasteiger partial charge in [0.25, 0.3) is 0 Å². The number of hydrogen-bond donors (Lipinski definition) is 3. The first kappa shape index (κ1) is 28.3. The number of nitrogens with one attached hydrogen (secondary N) is 3. The average molecular weight is 567 g/mol. The Balaban J connectivity index is 1.16. The number of amides is 1. The van der Waals surface area contributed by atoms with Crippen molar-refractivity contribution in [3.63, 3.8) is 0 Å². The fourth-order valence-corrected chi connectivity index (χ4v) is 4.89. The van der Waals surface area contributed by atoms with Crippen LogP contribution in [0.1, 0.15) is 29.5 Å². The third-order valence-corrected chi connectivity index (χ3v) is 7.21. The second-order valence-corrected chi connectivity index (χ2v) is 10.1. The van der Waals surface area contributed by atoms with Crippen molar-refractivity contribution >= 4 is 34.3 Å². The quantitative estimate of drug-likeness (QED) is 0.218. The Morgan fingerprint density at radius 1 is 0.951 bits per heavy atom. The molecule has 0 radical (unpaired) electrons. The van der Waals surface area contributed by atoms with Gasteiger partial charge in [-0.2, -0.15) is 18.2 Å². The topological polar surface area (TPSA) is 82.2 Å². The van der Waals surface area contributed by atoms with Gasteiger partial charge in [0.1, 0.15) is 11.6 Å². The van der Waals surface area contributed by atoms with Crippen molar-refractivity contribution in [2.45, 2.75) is 32.1 Å². The van der Waals surface area contributed by atoms with E-state index < -0.39 is 11.7 Å². The van der Waals surface area contributed by atoms with Crippen molar-refractivity contribution in [1.82, 2.24) is 14.9 Å². The second-order valence-electron chi connectivity index (χ2n) is 10.1. The summed E-state index contributed by atoms with van der Waals surface area (Å²) in [5, 5.41) is 9.21. The maximum absolute atomic E-state index is 13.3. The molecule has 3 aromatic carbocycles. The summed E-state index contributed by atoms with van der Waals surface area (Å²) >= 11 is 0. The van der Waals surface area contributed by atoms with E-state index in [1.807, 2.05) is 12.1 Å². The maximum atomic E-state index is 13.3. The molecule has 5 rings (SSSR count). The smallest absolute Gasteiger partial charge is 0.365 e. The highest BCUT2D eigenvalue weighted by molar-refractivity contribution is 5.93. The van der Waals surface area contributed by atoms with E-state index in [9.17, 15) is 22.4 Å². The van der Waals surface area contributed by atoms with Gasteiger partial charge in [0, 0.05) is 37.1 Å². The number of likely N-dealkylation sites (tertiary alicyclic amines) is 1. The largest absolute Gasteiger partial charge is 0.416 e. The molecule has 1 saturated heterocycles. The van der Waals surface area contributed by atoms with Crippen LogP contribution >= 0.6 is 0 Å². The summed E-state index contributed by atoms with van der Waals surface area (Å²) in [6.45, 7) is 2.62. The van der Waals surface area contributed by atoms with Crippen LogP contribution in [-0.4, -0.2) is 40.9 Å². The SMILES string of the molecule is CNc1nc(NCc2ccc(NC(=O)C3CCN(Cc4ccc(F)cc4)CC3)cc2)c2cc(C(F)(F)F)ccc2n1. The van der Waals surface area contributed by atoms with Gasteiger partial charge in [0.05, 0.1) is 11.1 Å². The summed E-state index contributed by atoms with van der Waals surface area (Å²) in [6, 6.07) is 17.2. The van der Waals surface area contributed by atoms with Crippen LogP contribution in [0.3, 0.4) is 0 Å². The van der Waals surface area contributed by atoms with E-state index in [0.29, 0.717) is 23.7 Å². The molecule has 2 heterocycles. The maximum Gasteiger partial charge on any atom is 0.416 e. The van der Waals surface area contributed by atoms with Crippen molar-refractivity contribution in [3.05, 3.63) is 89.2 Å². The zero-order valence-electron chi connectivity index (χ0n) is 22.4. The van der Waals surface area contributed by atoms with E-state index in [1.54, 1.807) is 31.3 Å². The summed E-state index contributed by atoms with van der Waals surface area (Å²) in [7, 11) is 1.64. The van der Waals surface area contributed by atoms with Crippen LogP contribution in [0, 0.1) is 11.7 Å². The first-order valence-electron chi connectivity index (χ1n) is 13.3. The molecule has 1 aromatic heterocycles. The van der Waals surface area contributed by atoms with Crippen molar-refractivity contribution in [2.75, 3.05) is 36.1 Å². The van der Waals surface area contributed by atoms with E-state index in [0.717, 1.165) is 55.7 Å². The normalized spacial score (nSPS) is 14.7. The Kier molecular flexibility index (Phi) is 8.34. The number of hydrogen-bond acceptors (Lipinski definition) is 6. The number of carbonyl (C=O) groups excluding carboxylic acids is 1. The molecule has 0 spiro atoms. The van der Waals surface area contributed by atoms with E-state index in [1.165, 1.54) is 18.2 Å². The monoisotopic (exact) mass is 566 g/mol. The number of carbonyl (C=O) groups is 1. The summed E-state index contributed by atoms with van der Waals surface area (Å²) in [5.74, 6) is 0.214. The molecule has 214 valence electrons. The molecule has 11 heteroatoms. The van der Waals surface area contributed by atoms with Crippen LogP contribution < -0.4 is 16.0 Å². The van der Waals surface area contributed by atoms with Crippen LogP contribution in [-0.2, 0) is 24.1 Å². The summed E-state index contributed by atoms with van der Waals surface area (Å²) < 4.78 is 53.0. The standard InChI is InChI=1S/C30H30F4N6O/c1-35-29-38-26-11-6-22(30(32,33)34)16-25(26)27(39-29)36-17-19-4-9-24(10-5-19)37-28(41)21-12-14-40(15-13-21)18-20-2-7-23(31)8-3-20/h2-11,16,21H,12-15,17-18H2,1H3,(H,37,41)(H2,35,36,38,39). The van der Waals surface area contributed by atoms with Crippen molar-refractivity contribution < 1.29 is 22.4 Å². The molecule has 3 N–H and O–H groups in total. The average Bonchev–Trinajstić information content (AvgIpc) is 2.97. The highest BCUT2D eigenvalue weighted by Crippen LogP contribution is 2.33. The lowest BCUT2D eigenvalue weighted by molar-refractivity contribution is -0.137. The molecule has 1 amide bonds. The van der Waals surface area contributed by atoms with Gasteiger partial charge in [-0.1, -0.05) is 24.3 Å². The van der Waals surface area contributed by atoms with Gasteiger partial charge in [0.15, 0.2) is 0 Å². The molecular formula is C30H30F4N6O. The lowest BCUT2D eigenvalue weighted by atomic mass is 9.95. The van der Waals surface area contributed by atoms with Crippen molar-refractivity contribution in [2.24, 2.45) is 5.92 Å². The predicted octanol–water partition coefficient (Wildman–Crippen LogP) is 6.29. The fraction of sp³-hybridized carbons (Fsp3) is 0.300. The van der Waals surface area contributed by atoms with Crippen LogP contribution in [0.4, 0.5) is 35.0 Å². The molecule has 0 unspecified atom stereocenters. The minimum atomic E-state index is -4.48. The molecule has 1 fully saturated rings. The zero-order chi connectivity index (χ0) is 29.0. The highest BCUT2D eigenvalue weighted by Gasteiger charge is 2.31. The first-order chi connectivity index (χ1) is 19.7. The van der Waals surface area contributed by atoms with Gasteiger partial charge in [-0.3, -0.25) is 9.69 Å². The van der Waals surface area contributed by atoms with Gasteiger partial charge < -0.3 is 16.0 Å². The summed E-state index contributed by atoms with van der Waals surface area (Å²) in [6.07, 6.45) is -2.99. The molecule has 4 aromatic rings. The van der Waals surface area contributed by atoms with Crippen molar-refractivity contribution in [3.8, 4) is 0 Å². The van der Waals surface area contributed by atoms with Crippen LogP contribution in [0.2, 0.25) is 0 Å². The number of benzene rings is 3. The van der Waals surface area contributed by atoms with Crippen LogP contribution in [0.25, 0.3) is 10.9 Å². The molecule has 1 aliphatic heterocycles. The van der Waals surface area contributed by atoms with Crippen LogP contribution in [0.5, 0.6) is 0 Å². The highest BCUT2D eigenvalue weighted by atomic mass is 19.4. The van der Waals surface area contributed by atoms with Gasteiger partial charge in [0.2, 0.25) is 11.9 Å². The molecule has 7 nitrogen and oxygen atoms in total. The molecule has 0 aliphatic carbocycles. The Bertz CT molecular complexity index is 1500. The number of fused-ring (bicyclic) bond motifs is 1.